The van der Waals surface area contributed by atoms with Gasteiger partial charge in [0.05, 0.1) is 16.8 Å². The summed E-state index contributed by atoms with van der Waals surface area (Å²) in [5.74, 6) is 0.223. The number of pyridine rings is 1. The van der Waals surface area contributed by atoms with Crippen molar-refractivity contribution in [3.63, 3.8) is 0 Å². The lowest BCUT2D eigenvalue weighted by Gasteiger charge is -2.17. The molecule has 1 N–H and O–H groups in total. The van der Waals surface area contributed by atoms with E-state index in [4.69, 9.17) is 0 Å². The number of aromatic nitrogens is 2. The maximum Gasteiger partial charge on any atom is 0.418 e. The average Bonchev–Trinajstić information content (AvgIpc) is 2.99. The third-order valence-electron chi connectivity index (χ3n) is 4.32. The van der Waals surface area contributed by atoms with Gasteiger partial charge in [-0.1, -0.05) is 12.1 Å². The van der Waals surface area contributed by atoms with E-state index in [0.717, 1.165) is 6.07 Å². The monoisotopic (exact) mass is 376 g/mol. The number of hydrogen-bond acceptors (Lipinski definition) is 3. The maximum atomic E-state index is 13.4. The van der Waals surface area contributed by atoms with Crippen LogP contribution in [0.25, 0.3) is 10.9 Å². The zero-order valence-electron chi connectivity index (χ0n) is 15.1. The number of para-hydroxylation sites is 1. The first-order valence-electron chi connectivity index (χ1n) is 8.26. The van der Waals surface area contributed by atoms with Gasteiger partial charge in [0.15, 0.2) is 0 Å². The number of alkyl halides is 3. The van der Waals surface area contributed by atoms with Crippen molar-refractivity contribution in [2.24, 2.45) is 0 Å². The van der Waals surface area contributed by atoms with Gasteiger partial charge in [-0.05, 0) is 30.7 Å². The minimum Gasteiger partial charge on any atom is -0.347 e. The van der Waals surface area contributed by atoms with E-state index in [-0.39, 0.29) is 18.1 Å². The summed E-state index contributed by atoms with van der Waals surface area (Å²) in [7, 11) is 3.33. The van der Waals surface area contributed by atoms with Gasteiger partial charge in [-0.25, -0.2) is 4.98 Å². The lowest BCUT2D eigenvalue weighted by molar-refractivity contribution is -0.137. The minimum absolute atomic E-state index is 0.0258. The van der Waals surface area contributed by atoms with E-state index < -0.39 is 11.7 Å². The fourth-order valence-corrected chi connectivity index (χ4v) is 2.84. The van der Waals surface area contributed by atoms with E-state index in [1.165, 1.54) is 17.2 Å². The van der Waals surface area contributed by atoms with Gasteiger partial charge in [-0.15, -0.1) is 0 Å². The fraction of sp³-hybridized carbons (Fsp3) is 0.263. The summed E-state index contributed by atoms with van der Waals surface area (Å²) in [6.45, 7) is 1.75. The van der Waals surface area contributed by atoms with E-state index >= 15 is 0 Å². The Kier molecular flexibility index (Phi) is 4.82. The van der Waals surface area contributed by atoms with E-state index in [0.29, 0.717) is 22.3 Å². The Balaban J connectivity index is 2.03. The van der Waals surface area contributed by atoms with Crippen molar-refractivity contribution in [1.82, 2.24) is 14.5 Å². The number of anilines is 2. The van der Waals surface area contributed by atoms with Gasteiger partial charge in [0.25, 0.3) is 0 Å². The van der Waals surface area contributed by atoms with E-state index in [1.807, 2.05) is 0 Å². The molecule has 0 aliphatic heterocycles. The van der Waals surface area contributed by atoms with Gasteiger partial charge in [-0.2, -0.15) is 13.2 Å². The molecule has 1 amide bonds. The standard InChI is InChI=1S/C19H19F3N4O/c1-12-5-4-6-14(19(20,21)22)17(12)24-18-13-8-10-26(11-16(27)25(2)3)15(13)7-9-23-18/h4-10H,11H2,1-3H3,(H,23,24). The fourth-order valence-electron chi connectivity index (χ4n) is 2.84. The van der Waals surface area contributed by atoms with Crippen LogP contribution in [0.2, 0.25) is 0 Å². The van der Waals surface area contributed by atoms with Crippen LogP contribution < -0.4 is 5.32 Å². The molecule has 1 aromatic carbocycles. The second-order valence-corrected chi connectivity index (χ2v) is 6.44. The van der Waals surface area contributed by atoms with Crippen LogP contribution in [0.3, 0.4) is 0 Å². The topological polar surface area (TPSA) is 50.2 Å². The Morgan fingerprint density at radius 3 is 2.63 bits per heavy atom. The molecule has 2 aromatic heterocycles. The number of likely N-dealkylation sites (N-methyl/N-ethyl adjacent to an activating group) is 1. The lowest BCUT2D eigenvalue weighted by Crippen LogP contribution is -2.25. The molecule has 142 valence electrons. The van der Waals surface area contributed by atoms with Crippen LogP contribution in [0, 0.1) is 6.92 Å². The van der Waals surface area contributed by atoms with Crippen molar-refractivity contribution in [3.05, 3.63) is 53.9 Å². The van der Waals surface area contributed by atoms with Crippen LogP contribution in [-0.4, -0.2) is 34.5 Å². The van der Waals surface area contributed by atoms with Crippen LogP contribution in [-0.2, 0) is 17.5 Å². The third-order valence-corrected chi connectivity index (χ3v) is 4.32. The number of amides is 1. The summed E-state index contributed by atoms with van der Waals surface area (Å²) in [5, 5.41) is 3.48. The lowest BCUT2D eigenvalue weighted by atomic mass is 10.1. The number of fused-ring (bicyclic) bond motifs is 1. The molecule has 3 aromatic rings. The van der Waals surface area contributed by atoms with Crippen molar-refractivity contribution >= 4 is 28.3 Å². The Hall–Kier alpha value is -3.03. The molecule has 8 heteroatoms. The predicted molar refractivity (Wildman–Crippen MR) is 97.9 cm³/mol. The highest BCUT2D eigenvalue weighted by atomic mass is 19.4. The molecule has 0 spiro atoms. The number of carbonyl (C=O) groups is 1. The number of aryl methyl sites for hydroxylation is 1. The van der Waals surface area contributed by atoms with E-state index in [1.54, 1.807) is 50.0 Å². The molecule has 27 heavy (non-hydrogen) atoms. The van der Waals surface area contributed by atoms with Crippen molar-refractivity contribution in [1.29, 1.82) is 0 Å². The Labute approximate surface area is 154 Å². The first kappa shape index (κ1) is 18.8. The minimum atomic E-state index is -4.48. The van der Waals surface area contributed by atoms with Crippen molar-refractivity contribution in [3.8, 4) is 0 Å². The highest BCUT2D eigenvalue weighted by Gasteiger charge is 2.34. The van der Waals surface area contributed by atoms with Gasteiger partial charge >= 0.3 is 6.18 Å². The summed E-state index contributed by atoms with van der Waals surface area (Å²) in [5.41, 5.74) is 0.404. The number of hydrogen-bond donors (Lipinski definition) is 1. The highest BCUT2D eigenvalue weighted by molar-refractivity contribution is 5.93. The van der Waals surface area contributed by atoms with E-state index in [9.17, 15) is 18.0 Å². The van der Waals surface area contributed by atoms with Crippen molar-refractivity contribution in [2.75, 3.05) is 19.4 Å². The highest BCUT2D eigenvalue weighted by Crippen LogP contribution is 2.38. The summed E-state index contributed by atoms with van der Waals surface area (Å²) in [4.78, 5) is 17.7. The molecule has 3 rings (SSSR count). The van der Waals surface area contributed by atoms with Gasteiger partial charge in [0, 0.05) is 31.9 Å². The first-order chi connectivity index (χ1) is 12.7. The molecule has 0 atom stereocenters. The van der Waals surface area contributed by atoms with Crippen LogP contribution in [0.1, 0.15) is 11.1 Å². The predicted octanol–water partition coefficient (Wildman–Crippen LogP) is 4.20. The smallest absolute Gasteiger partial charge is 0.347 e. The number of rotatable bonds is 4. The zero-order valence-corrected chi connectivity index (χ0v) is 15.1. The molecule has 0 radical (unpaired) electrons. The van der Waals surface area contributed by atoms with Crippen LogP contribution in [0.5, 0.6) is 0 Å². The molecule has 0 saturated heterocycles. The Bertz CT molecular complexity index is 992. The number of benzene rings is 1. The Morgan fingerprint density at radius 2 is 1.96 bits per heavy atom. The van der Waals surface area contributed by atoms with Crippen LogP contribution >= 0.6 is 0 Å². The summed E-state index contributed by atoms with van der Waals surface area (Å²) in [6, 6.07) is 7.49. The molecule has 2 heterocycles. The van der Waals surface area contributed by atoms with Gasteiger partial charge in [0.2, 0.25) is 5.91 Å². The molecule has 0 unspecified atom stereocenters. The Morgan fingerprint density at radius 1 is 1.22 bits per heavy atom. The first-order valence-corrected chi connectivity index (χ1v) is 8.26. The second-order valence-electron chi connectivity index (χ2n) is 6.44. The molecule has 0 fully saturated rings. The number of nitrogens with one attached hydrogen (secondary N) is 1. The number of halogens is 3. The quantitative estimate of drug-likeness (QED) is 0.743. The SMILES string of the molecule is Cc1cccc(C(F)(F)F)c1Nc1nccc2c1ccn2CC(=O)N(C)C. The molecule has 0 aliphatic rings. The molecule has 0 saturated carbocycles. The molecule has 5 nitrogen and oxygen atoms in total. The zero-order chi connectivity index (χ0) is 19.8. The van der Waals surface area contributed by atoms with Crippen molar-refractivity contribution in [2.45, 2.75) is 19.6 Å². The molecular formula is C19H19F3N4O. The second kappa shape index (κ2) is 6.94. The van der Waals surface area contributed by atoms with Crippen molar-refractivity contribution < 1.29 is 18.0 Å². The van der Waals surface area contributed by atoms with Gasteiger partial charge in [0.1, 0.15) is 12.4 Å². The molecule has 0 bridgehead atoms. The summed E-state index contributed by atoms with van der Waals surface area (Å²) in [6.07, 6.45) is -1.25. The third kappa shape index (κ3) is 3.74. The van der Waals surface area contributed by atoms with E-state index in [2.05, 4.69) is 10.3 Å². The van der Waals surface area contributed by atoms with Gasteiger partial charge < -0.3 is 14.8 Å². The maximum absolute atomic E-state index is 13.4. The largest absolute Gasteiger partial charge is 0.418 e. The molecule has 0 aliphatic carbocycles. The average molecular weight is 376 g/mol. The number of nitrogens with zero attached hydrogens (tertiary/aromatic N) is 3. The van der Waals surface area contributed by atoms with Crippen LogP contribution in [0.15, 0.2) is 42.7 Å². The van der Waals surface area contributed by atoms with Gasteiger partial charge in [-0.3, -0.25) is 4.79 Å². The normalized spacial score (nSPS) is 11.6. The summed E-state index contributed by atoms with van der Waals surface area (Å²) < 4.78 is 41.8. The van der Waals surface area contributed by atoms with Crippen LogP contribution in [0.4, 0.5) is 24.7 Å². The summed E-state index contributed by atoms with van der Waals surface area (Å²) >= 11 is 0. The molecular weight excluding hydrogens is 357 g/mol. The number of carbonyl (C=O) groups excluding carboxylic acids is 1.